The Morgan fingerprint density at radius 3 is 2.63 bits per heavy atom. The van der Waals surface area contributed by atoms with E-state index in [9.17, 15) is 0 Å². The Morgan fingerprint density at radius 1 is 1.11 bits per heavy atom. The van der Waals surface area contributed by atoms with Crippen molar-refractivity contribution in [1.29, 1.82) is 0 Å². The summed E-state index contributed by atoms with van der Waals surface area (Å²) in [6.45, 7) is 1.19. The van der Waals surface area contributed by atoms with E-state index in [2.05, 4.69) is 19.5 Å². The molecule has 0 aliphatic rings. The Morgan fingerprint density at radius 2 is 1.89 bits per heavy atom. The van der Waals surface area contributed by atoms with Gasteiger partial charge in [0.1, 0.15) is 6.33 Å². The first-order valence-corrected chi connectivity index (χ1v) is 6.68. The number of aliphatic hydroxyl groups is 1. The molecule has 6 heteroatoms. The molecule has 19 heavy (non-hydrogen) atoms. The van der Waals surface area contributed by atoms with Gasteiger partial charge in [-0.25, -0.2) is 15.0 Å². The maximum absolute atomic E-state index is 8.74. The lowest BCUT2D eigenvalue weighted by atomic mass is 10.2. The third kappa shape index (κ3) is 3.20. The Bertz CT molecular complexity index is 523. The zero-order valence-electron chi connectivity index (χ0n) is 11.6. The average Bonchev–Trinajstić information content (AvgIpc) is 2.81. The molecular weight excluding hydrogens is 242 g/mol. The molecule has 2 rings (SSSR count). The number of aromatic nitrogens is 4. The summed E-state index contributed by atoms with van der Waals surface area (Å²) in [6, 6.07) is 0. The lowest BCUT2D eigenvalue weighted by Crippen LogP contribution is -2.11. The van der Waals surface area contributed by atoms with Crippen molar-refractivity contribution in [2.24, 2.45) is 0 Å². The predicted molar refractivity (Wildman–Crippen MR) is 75.2 cm³/mol. The van der Waals surface area contributed by atoms with Gasteiger partial charge in [0.2, 0.25) is 0 Å². The van der Waals surface area contributed by atoms with E-state index in [0.29, 0.717) is 0 Å². The molecule has 0 aliphatic carbocycles. The molecule has 1 N–H and O–H groups in total. The molecule has 2 aromatic rings. The molecule has 104 valence electrons. The zero-order chi connectivity index (χ0) is 13.7. The molecule has 0 saturated carbocycles. The molecule has 0 aromatic carbocycles. The maximum atomic E-state index is 8.74. The van der Waals surface area contributed by atoms with Gasteiger partial charge in [-0.05, 0) is 12.8 Å². The van der Waals surface area contributed by atoms with E-state index in [0.717, 1.165) is 49.2 Å². The van der Waals surface area contributed by atoms with Crippen molar-refractivity contribution in [2.75, 3.05) is 25.6 Å². The summed E-state index contributed by atoms with van der Waals surface area (Å²) in [6.07, 6.45) is 7.57. The van der Waals surface area contributed by atoms with Crippen LogP contribution < -0.4 is 4.90 Å². The number of nitrogens with zero attached hydrogens (tertiary/aromatic N) is 5. The van der Waals surface area contributed by atoms with E-state index in [4.69, 9.17) is 5.11 Å². The van der Waals surface area contributed by atoms with E-state index < -0.39 is 0 Å². The zero-order valence-corrected chi connectivity index (χ0v) is 11.6. The molecule has 0 radical (unpaired) electrons. The Kier molecular flexibility index (Phi) is 4.68. The smallest absolute Gasteiger partial charge is 0.165 e. The summed E-state index contributed by atoms with van der Waals surface area (Å²) in [5.74, 6) is 0.851. The Labute approximate surface area is 113 Å². The van der Waals surface area contributed by atoms with Crippen LogP contribution >= 0.6 is 0 Å². The van der Waals surface area contributed by atoms with Crippen LogP contribution in [0, 0.1) is 0 Å². The summed E-state index contributed by atoms with van der Waals surface area (Å²) in [4.78, 5) is 14.9. The van der Waals surface area contributed by atoms with Crippen molar-refractivity contribution in [3.05, 3.63) is 12.7 Å². The second kappa shape index (κ2) is 6.47. The number of fused-ring (bicyclic) bond motifs is 1. The minimum Gasteiger partial charge on any atom is -0.396 e. The predicted octanol–water partition coefficient (Wildman–Crippen LogP) is 1.44. The van der Waals surface area contributed by atoms with Crippen LogP contribution in [0.4, 0.5) is 5.82 Å². The molecule has 0 aliphatic heterocycles. The highest BCUT2D eigenvalue weighted by Crippen LogP contribution is 2.19. The fourth-order valence-electron chi connectivity index (χ4n) is 2.11. The second-order valence-electron chi connectivity index (χ2n) is 4.84. The average molecular weight is 263 g/mol. The standard InChI is InChI=1S/C13H21N5O/c1-17(2)12-11-13(15-9-14-12)18(10-16-11)7-5-3-4-6-8-19/h9-10,19H,3-8H2,1-2H3. The van der Waals surface area contributed by atoms with Crippen LogP contribution in [0.25, 0.3) is 11.2 Å². The van der Waals surface area contributed by atoms with Crippen molar-refractivity contribution in [3.63, 3.8) is 0 Å². The number of rotatable bonds is 7. The molecule has 0 spiro atoms. The van der Waals surface area contributed by atoms with Crippen LogP contribution in [0.1, 0.15) is 25.7 Å². The summed E-state index contributed by atoms with van der Waals surface area (Å²) in [5.41, 5.74) is 1.74. The van der Waals surface area contributed by atoms with E-state index in [1.165, 1.54) is 0 Å². The molecule has 0 unspecified atom stereocenters. The highest BCUT2D eigenvalue weighted by molar-refractivity contribution is 5.82. The second-order valence-corrected chi connectivity index (χ2v) is 4.84. The van der Waals surface area contributed by atoms with Gasteiger partial charge < -0.3 is 14.6 Å². The topological polar surface area (TPSA) is 67.1 Å². The van der Waals surface area contributed by atoms with Gasteiger partial charge in [-0.3, -0.25) is 0 Å². The van der Waals surface area contributed by atoms with E-state index in [-0.39, 0.29) is 6.61 Å². The molecule has 0 saturated heterocycles. The third-order valence-electron chi connectivity index (χ3n) is 3.11. The van der Waals surface area contributed by atoms with Crippen molar-refractivity contribution in [2.45, 2.75) is 32.2 Å². The molecule has 0 amide bonds. The monoisotopic (exact) mass is 263 g/mol. The van der Waals surface area contributed by atoms with Gasteiger partial charge in [-0.1, -0.05) is 12.8 Å². The van der Waals surface area contributed by atoms with Crippen molar-refractivity contribution < 1.29 is 5.11 Å². The molecule has 6 nitrogen and oxygen atoms in total. The third-order valence-corrected chi connectivity index (χ3v) is 3.11. The molecule has 2 heterocycles. The summed E-state index contributed by atoms with van der Waals surface area (Å²) < 4.78 is 2.07. The van der Waals surface area contributed by atoms with Gasteiger partial charge in [0.25, 0.3) is 0 Å². The first-order valence-electron chi connectivity index (χ1n) is 6.68. The summed E-state index contributed by atoms with van der Waals surface area (Å²) in [5, 5.41) is 8.74. The van der Waals surface area contributed by atoms with Crippen LogP contribution in [-0.2, 0) is 6.54 Å². The SMILES string of the molecule is CN(C)c1ncnc2c1ncn2CCCCCCO. The fraction of sp³-hybridized carbons (Fsp3) is 0.615. The normalized spacial score (nSPS) is 11.1. The van der Waals surface area contributed by atoms with Crippen molar-refractivity contribution in [1.82, 2.24) is 19.5 Å². The molecule has 2 aromatic heterocycles. The van der Waals surface area contributed by atoms with Gasteiger partial charge in [0.05, 0.1) is 6.33 Å². The number of anilines is 1. The van der Waals surface area contributed by atoms with Gasteiger partial charge in [0.15, 0.2) is 17.0 Å². The minimum absolute atomic E-state index is 0.285. The number of aliphatic hydroxyl groups excluding tert-OH is 1. The minimum atomic E-state index is 0.285. The van der Waals surface area contributed by atoms with Crippen LogP contribution in [0.5, 0.6) is 0 Å². The lowest BCUT2D eigenvalue weighted by Gasteiger charge is -2.10. The fourth-order valence-corrected chi connectivity index (χ4v) is 2.11. The molecule has 0 bridgehead atoms. The van der Waals surface area contributed by atoms with Gasteiger partial charge in [-0.2, -0.15) is 0 Å². The molecule has 0 atom stereocenters. The summed E-state index contributed by atoms with van der Waals surface area (Å²) >= 11 is 0. The maximum Gasteiger partial charge on any atom is 0.165 e. The van der Waals surface area contributed by atoms with Crippen molar-refractivity contribution >= 4 is 17.0 Å². The van der Waals surface area contributed by atoms with Gasteiger partial charge >= 0.3 is 0 Å². The lowest BCUT2D eigenvalue weighted by molar-refractivity contribution is 0.282. The Balaban J connectivity index is 2.06. The number of aryl methyl sites for hydroxylation is 1. The van der Waals surface area contributed by atoms with Crippen LogP contribution in [-0.4, -0.2) is 45.3 Å². The summed E-state index contributed by atoms with van der Waals surface area (Å²) in [7, 11) is 3.91. The first kappa shape index (κ1) is 13.7. The van der Waals surface area contributed by atoms with E-state index in [1.807, 2.05) is 25.3 Å². The molecule has 0 fully saturated rings. The van der Waals surface area contributed by atoms with Gasteiger partial charge in [0, 0.05) is 27.2 Å². The largest absolute Gasteiger partial charge is 0.396 e. The van der Waals surface area contributed by atoms with Crippen molar-refractivity contribution in [3.8, 4) is 0 Å². The quantitative estimate of drug-likeness (QED) is 0.766. The molecular formula is C13H21N5O. The Hall–Kier alpha value is -1.69. The highest BCUT2D eigenvalue weighted by atomic mass is 16.2. The number of hydrogen-bond acceptors (Lipinski definition) is 5. The van der Waals surface area contributed by atoms with Crippen LogP contribution in [0.15, 0.2) is 12.7 Å². The van der Waals surface area contributed by atoms with E-state index in [1.54, 1.807) is 6.33 Å². The van der Waals surface area contributed by atoms with Crippen LogP contribution in [0.3, 0.4) is 0 Å². The number of hydrogen-bond donors (Lipinski definition) is 1. The van der Waals surface area contributed by atoms with Gasteiger partial charge in [-0.15, -0.1) is 0 Å². The van der Waals surface area contributed by atoms with Crippen LogP contribution in [0.2, 0.25) is 0 Å². The first-order chi connectivity index (χ1) is 9.24. The number of unbranched alkanes of at least 4 members (excludes halogenated alkanes) is 3. The van der Waals surface area contributed by atoms with E-state index >= 15 is 0 Å². The number of imidazole rings is 1. The highest BCUT2D eigenvalue weighted by Gasteiger charge is 2.10.